The molecule has 0 fully saturated rings. The number of hydrogen-bond donors (Lipinski definition) is 0. The topological polar surface area (TPSA) is 37.4 Å². The number of allylic oxidation sites excluding steroid dienone is 2. The zero-order chi connectivity index (χ0) is 24.4. The molecule has 0 bridgehead atoms. The minimum absolute atomic E-state index is 0.292. The van der Waals surface area contributed by atoms with E-state index in [0.717, 1.165) is 39.0 Å². The number of rotatable bonds is 5. The fraction of sp³-hybridized carbons (Fsp3) is 0.0968. The third-order valence-corrected chi connectivity index (χ3v) is 8.28. The van der Waals surface area contributed by atoms with Gasteiger partial charge in [0.1, 0.15) is 0 Å². The summed E-state index contributed by atoms with van der Waals surface area (Å²) in [5, 5.41) is 0. The van der Waals surface area contributed by atoms with E-state index in [0.29, 0.717) is 4.90 Å². The molecule has 1 heterocycles. The van der Waals surface area contributed by atoms with Crippen molar-refractivity contribution in [2.45, 2.75) is 24.8 Å². The van der Waals surface area contributed by atoms with Gasteiger partial charge in [-0.05, 0) is 65.5 Å². The van der Waals surface area contributed by atoms with Crippen LogP contribution in [-0.4, -0.2) is 12.7 Å². The molecule has 4 aromatic carbocycles. The summed E-state index contributed by atoms with van der Waals surface area (Å²) in [5.41, 5.74) is 7.09. The maximum Gasteiger partial charge on any atom is 0.264 e. The molecular formula is C31H27NO2S. The highest BCUT2D eigenvalue weighted by atomic mass is 32.2. The van der Waals surface area contributed by atoms with Gasteiger partial charge in [-0.2, -0.15) is 0 Å². The SMILES string of the molecule is Cc1ccc(S(=O)(=O)N2C=C(C=C(c3ccccc3)c3ccccc3)c3ccccc3[C@@H]2C)cc1. The van der Waals surface area contributed by atoms with Crippen LogP contribution in [0.2, 0.25) is 0 Å². The van der Waals surface area contributed by atoms with Crippen molar-refractivity contribution in [2.24, 2.45) is 0 Å². The predicted octanol–water partition coefficient (Wildman–Crippen LogP) is 7.23. The molecule has 0 N–H and O–H groups in total. The Bertz CT molecular complexity index is 1460. The highest BCUT2D eigenvalue weighted by molar-refractivity contribution is 7.89. The van der Waals surface area contributed by atoms with Gasteiger partial charge in [-0.1, -0.05) is 103 Å². The molecule has 0 radical (unpaired) electrons. The fourth-order valence-electron chi connectivity index (χ4n) is 4.53. The van der Waals surface area contributed by atoms with E-state index >= 15 is 0 Å². The van der Waals surface area contributed by atoms with Crippen LogP contribution in [0.15, 0.2) is 126 Å². The summed E-state index contributed by atoms with van der Waals surface area (Å²) < 4.78 is 29.0. The number of hydrogen-bond acceptors (Lipinski definition) is 2. The summed E-state index contributed by atoms with van der Waals surface area (Å²) in [6.07, 6.45) is 3.89. The Morgan fingerprint density at radius 2 is 1.29 bits per heavy atom. The van der Waals surface area contributed by atoms with E-state index < -0.39 is 10.0 Å². The largest absolute Gasteiger partial charge is 0.265 e. The highest BCUT2D eigenvalue weighted by Gasteiger charge is 2.32. The molecule has 0 aromatic heterocycles. The minimum atomic E-state index is -3.74. The van der Waals surface area contributed by atoms with E-state index in [1.807, 2.05) is 80.6 Å². The number of nitrogens with zero attached hydrogens (tertiary/aromatic N) is 1. The summed E-state index contributed by atoms with van der Waals surface area (Å²) in [6.45, 7) is 3.89. The molecule has 1 aliphatic heterocycles. The second kappa shape index (κ2) is 9.40. The van der Waals surface area contributed by atoms with Gasteiger partial charge in [-0.15, -0.1) is 0 Å². The smallest absolute Gasteiger partial charge is 0.264 e. The first-order valence-corrected chi connectivity index (χ1v) is 13.1. The van der Waals surface area contributed by atoms with Gasteiger partial charge < -0.3 is 0 Å². The molecule has 0 aliphatic carbocycles. The molecule has 174 valence electrons. The predicted molar refractivity (Wildman–Crippen MR) is 143 cm³/mol. The quantitative estimate of drug-likeness (QED) is 0.304. The van der Waals surface area contributed by atoms with Crippen molar-refractivity contribution >= 4 is 21.2 Å². The number of aryl methyl sites for hydroxylation is 1. The van der Waals surface area contributed by atoms with Gasteiger partial charge in [-0.25, -0.2) is 8.42 Å². The minimum Gasteiger partial charge on any atom is -0.265 e. The van der Waals surface area contributed by atoms with Crippen LogP contribution in [0, 0.1) is 6.92 Å². The second-order valence-corrected chi connectivity index (χ2v) is 10.6. The van der Waals surface area contributed by atoms with Crippen LogP contribution in [0.25, 0.3) is 11.1 Å². The van der Waals surface area contributed by atoms with Crippen LogP contribution in [0.5, 0.6) is 0 Å². The summed E-state index contributed by atoms with van der Waals surface area (Å²) in [7, 11) is -3.74. The molecule has 4 heteroatoms. The van der Waals surface area contributed by atoms with Crippen molar-refractivity contribution in [2.75, 3.05) is 0 Å². The molecule has 1 aliphatic rings. The number of fused-ring (bicyclic) bond motifs is 1. The van der Waals surface area contributed by atoms with Crippen molar-refractivity contribution in [1.82, 2.24) is 4.31 Å². The van der Waals surface area contributed by atoms with Gasteiger partial charge in [0.25, 0.3) is 10.0 Å². The third-order valence-electron chi connectivity index (χ3n) is 6.44. The van der Waals surface area contributed by atoms with E-state index in [1.54, 1.807) is 18.3 Å². The third kappa shape index (κ3) is 4.45. The first kappa shape index (κ1) is 22.9. The second-order valence-electron chi connectivity index (χ2n) is 8.79. The van der Waals surface area contributed by atoms with Crippen molar-refractivity contribution in [3.63, 3.8) is 0 Å². The van der Waals surface area contributed by atoms with Crippen LogP contribution in [-0.2, 0) is 10.0 Å². The average Bonchev–Trinajstić information content (AvgIpc) is 2.89. The van der Waals surface area contributed by atoms with Gasteiger partial charge >= 0.3 is 0 Å². The molecule has 0 spiro atoms. The Labute approximate surface area is 207 Å². The Balaban J connectivity index is 1.71. The van der Waals surface area contributed by atoms with Crippen molar-refractivity contribution in [1.29, 1.82) is 0 Å². The van der Waals surface area contributed by atoms with Gasteiger partial charge in [0, 0.05) is 6.20 Å². The number of benzene rings is 4. The van der Waals surface area contributed by atoms with Crippen LogP contribution >= 0.6 is 0 Å². The summed E-state index contributed by atoms with van der Waals surface area (Å²) >= 11 is 0. The fourth-order valence-corrected chi connectivity index (χ4v) is 6.03. The lowest BCUT2D eigenvalue weighted by Gasteiger charge is -2.34. The Morgan fingerprint density at radius 1 is 0.743 bits per heavy atom. The maximum atomic E-state index is 13.8. The van der Waals surface area contributed by atoms with E-state index in [2.05, 4.69) is 36.4 Å². The summed E-state index contributed by atoms with van der Waals surface area (Å²) in [4.78, 5) is 0.292. The van der Waals surface area contributed by atoms with Gasteiger partial charge in [0.15, 0.2) is 0 Å². The van der Waals surface area contributed by atoms with Gasteiger partial charge in [0.05, 0.1) is 10.9 Å². The Kier molecular flexibility index (Phi) is 6.14. The monoisotopic (exact) mass is 477 g/mol. The first-order chi connectivity index (χ1) is 16.9. The van der Waals surface area contributed by atoms with Gasteiger partial charge in [0.2, 0.25) is 0 Å². The Hall–Kier alpha value is -3.89. The van der Waals surface area contributed by atoms with Crippen LogP contribution in [0.1, 0.15) is 40.8 Å². The van der Waals surface area contributed by atoms with Crippen LogP contribution in [0.3, 0.4) is 0 Å². The van der Waals surface area contributed by atoms with Crippen LogP contribution < -0.4 is 0 Å². The number of sulfonamides is 1. The van der Waals surface area contributed by atoms with E-state index in [9.17, 15) is 8.42 Å². The summed E-state index contributed by atoms with van der Waals surface area (Å²) in [6, 6.07) is 35.2. The van der Waals surface area contributed by atoms with E-state index in [4.69, 9.17) is 0 Å². The molecule has 3 nitrogen and oxygen atoms in total. The molecule has 35 heavy (non-hydrogen) atoms. The summed E-state index contributed by atoms with van der Waals surface area (Å²) in [5.74, 6) is 0. The van der Waals surface area contributed by atoms with E-state index in [-0.39, 0.29) is 6.04 Å². The maximum absolute atomic E-state index is 13.8. The van der Waals surface area contributed by atoms with Crippen molar-refractivity contribution in [3.8, 4) is 0 Å². The molecule has 4 aromatic rings. The van der Waals surface area contributed by atoms with Crippen molar-refractivity contribution < 1.29 is 8.42 Å². The molecule has 0 saturated carbocycles. The zero-order valence-corrected chi connectivity index (χ0v) is 20.6. The zero-order valence-electron chi connectivity index (χ0n) is 19.8. The molecular weight excluding hydrogens is 450 g/mol. The lowest BCUT2D eigenvalue weighted by molar-refractivity contribution is 0.426. The van der Waals surface area contributed by atoms with Crippen molar-refractivity contribution in [3.05, 3.63) is 149 Å². The molecule has 5 rings (SSSR count). The Morgan fingerprint density at radius 3 is 1.89 bits per heavy atom. The van der Waals surface area contributed by atoms with Crippen LogP contribution in [0.4, 0.5) is 0 Å². The van der Waals surface area contributed by atoms with Gasteiger partial charge in [-0.3, -0.25) is 4.31 Å². The molecule has 0 unspecified atom stereocenters. The molecule has 1 atom stereocenters. The average molecular weight is 478 g/mol. The first-order valence-electron chi connectivity index (χ1n) is 11.7. The normalized spacial score (nSPS) is 15.2. The molecule has 0 amide bonds. The van der Waals surface area contributed by atoms with E-state index in [1.165, 1.54) is 4.31 Å². The lowest BCUT2D eigenvalue weighted by atomic mass is 9.89. The highest BCUT2D eigenvalue weighted by Crippen LogP contribution is 2.40. The lowest BCUT2D eigenvalue weighted by Crippen LogP contribution is -2.32. The molecule has 0 saturated heterocycles. The standard InChI is InChI=1S/C31H27NO2S/c1-23-17-19-28(20-18-23)35(33,34)32-22-27(30-16-10-9-15-29(30)24(32)2)21-31(25-11-5-3-6-12-25)26-13-7-4-8-14-26/h3-22,24H,1-2H3/t24-/m0/s1.